The molecule has 0 aliphatic carbocycles. The fourth-order valence-electron chi connectivity index (χ4n) is 1.52. The first kappa shape index (κ1) is 13.8. The van der Waals surface area contributed by atoms with E-state index >= 15 is 0 Å². The summed E-state index contributed by atoms with van der Waals surface area (Å²) in [4.78, 5) is 15.7. The molecule has 0 amide bonds. The van der Waals surface area contributed by atoms with Crippen LogP contribution in [0.5, 0.6) is 0 Å². The zero-order valence-corrected chi connectivity index (χ0v) is 12.5. The van der Waals surface area contributed by atoms with Crippen molar-refractivity contribution in [1.82, 2.24) is 29.7 Å². The SMILES string of the molecule is Fc1ccc(Br)cc1Nc1nc(Cl)nc(-n2cncn2)n1. The number of benzene rings is 1. The van der Waals surface area contributed by atoms with Gasteiger partial charge in [-0.15, -0.1) is 0 Å². The highest BCUT2D eigenvalue weighted by molar-refractivity contribution is 9.10. The van der Waals surface area contributed by atoms with Crippen molar-refractivity contribution < 1.29 is 4.39 Å². The van der Waals surface area contributed by atoms with Crippen molar-refractivity contribution in [1.29, 1.82) is 0 Å². The van der Waals surface area contributed by atoms with Crippen LogP contribution in [0.4, 0.5) is 16.0 Å². The Morgan fingerprint density at radius 2 is 2.10 bits per heavy atom. The maximum atomic E-state index is 13.7. The second-order valence-corrected chi connectivity index (χ2v) is 5.07. The van der Waals surface area contributed by atoms with Gasteiger partial charge in [-0.3, -0.25) is 0 Å². The predicted molar refractivity (Wildman–Crippen MR) is 77.1 cm³/mol. The summed E-state index contributed by atoms with van der Waals surface area (Å²) in [5, 5.41) is 6.59. The van der Waals surface area contributed by atoms with E-state index in [1.807, 2.05) is 0 Å². The van der Waals surface area contributed by atoms with E-state index in [1.165, 1.54) is 23.4 Å². The molecule has 0 radical (unpaired) electrons. The molecule has 0 unspecified atom stereocenters. The molecule has 0 saturated heterocycles. The summed E-state index contributed by atoms with van der Waals surface area (Å²) in [7, 11) is 0. The number of nitrogens with one attached hydrogen (secondary N) is 1. The lowest BCUT2D eigenvalue weighted by molar-refractivity contribution is 0.631. The maximum Gasteiger partial charge on any atom is 0.258 e. The largest absolute Gasteiger partial charge is 0.321 e. The molecule has 0 spiro atoms. The van der Waals surface area contributed by atoms with Crippen molar-refractivity contribution in [2.24, 2.45) is 0 Å². The maximum absolute atomic E-state index is 13.7. The molecule has 0 aliphatic heterocycles. The normalized spacial score (nSPS) is 10.6. The molecule has 0 saturated carbocycles. The number of hydrogen-bond donors (Lipinski definition) is 1. The van der Waals surface area contributed by atoms with Crippen LogP contribution in [0, 0.1) is 5.82 Å². The van der Waals surface area contributed by atoms with Gasteiger partial charge in [-0.2, -0.15) is 24.7 Å². The van der Waals surface area contributed by atoms with Crippen molar-refractivity contribution >= 4 is 39.2 Å². The molecule has 0 fully saturated rings. The van der Waals surface area contributed by atoms with Crippen molar-refractivity contribution in [3.05, 3.63) is 46.4 Å². The molecule has 106 valence electrons. The number of nitrogens with zero attached hydrogens (tertiary/aromatic N) is 6. The van der Waals surface area contributed by atoms with Gasteiger partial charge in [0.1, 0.15) is 18.5 Å². The fraction of sp³-hybridized carbons (Fsp3) is 0. The van der Waals surface area contributed by atoms with Gasteiger partial charge in [0.2, 0.25) is 11.2 Å². The van der Waals surface area contributed by atoms with Crippen molar-refractivity contribution in [2.75, 3.05) is 5.32 Å². The van der Waals surface area contributed by atoms with E-state index in [2.05, 4.69) is 46.3 Å². The van der Waals surface area contributed by atoms with Crippen LogP contribution in [0.3, 0.4) is 0 Å². The Labute approximate surface area is 131 Å². The third kappa shape index (κ3) is 3.14. The van der Waals surface area contributed by atoms with Gasteiger partial charge in [-0.05, 0) is 29.8 Å². The first-order valence-electron chi connectivity index (χ1n) is 5.60. The molecule has 7 nitrogen and oxygen atoms in total. The van der Waals surface area contributed by atoms with E-state index in [0.29, 0.717) is 4.47 Å². The molecule has 3 rings (SSSR count). The first-order valence-corrected chi connectivity index (χ1v) is 6.77. The highest BCUT2D eigenvalue weighted by atomic mass is 79.9. The minimum Gasteiger partial charge on any atom is -0.321 e. The Morgan fingerprint density at radius 3 is 2.86 bits per heavy atom. The van der Waals surface area contributed by atoms with Crippen LogP contribution >= 0.6 is 27.5 Å². The Bertz CT molecular complexity index is 780. The number of rotatable bonds is 3. The molecule has 2 heterocycles. The first-order chi connectivity index (χ1) is 10.1. The number of hydrogen-bond acceptors (Lipinski definition) is 6. The van der Waals surface area contributed by atoms with Crippen LogP contribution in [0.15, 0.2) is 35.3 Å². The summed E-state index contributed by atoms with van der Waals surface area (Å²) in [6.45, 7) is 0. The summed E-state index contributed by atoms with van der Waals surface area (Å²) in [5.74, 6) is -0.181. The summed E-state index contributed by atoms with van der Waals surface area (Å²) in [5.41, 5.74) is 0.205. The van der Waals surface area contributed by atoms with Crippen LogP contribution in [-0.2, 0) is 0 Å². The Balaban J connectivity index is 1.97. The van der Waals surface area contributed by atoms with Crippen LogP contribution < -0.4 is 5.32 Å². The van der Waals surface area contributed by atoms with Crippen LogP contribution in [-0.4, -0.2) is 29.7 Å². The predicted octanol–water partition coefficient (Wildman–Crippen LogP) is 2.75. The van der Waals surface area contributed by atoms with Gasteiger partial charge in [-0.25, -0.2) is 9.37 Å². The van der Waals surface area contributed by atoms with Crippen LogP contribution in [0.2, 0.25) is 5.28 Å². The quantitative estimate of drug-likeness (QED) is 0.763. The topological polar surface area (TPSA) is 81.4 Å². The lowest BCUT2D eigenvalue weighted by atomic mass is 10.3. The van der Waals surface area contributed by atoms with E-state index in [4.69, 9.17) is 11.6 Å². The highest BCUT2D eigenvalue weighted by Gasteiger charge is 2.10. The molecule has 10 heteroatoms. The van der Waals surface area contributed by atoms with E-state index in [0.717, 1.165) is 0 Å². The summed E-state index contributed by atoms with van der Waals surface area (Å²) in [6, 6.07) is 4.46. The lowest BCUT2D eigenvalue weighted by Crippen LogP contribution is -2.07. The van der Waals surface area contributed by atoms with Gasteiger partial charge in [0, 0.05) is 4.47 Å². The summed E-state index contributed by atoms with van der Waals surface area (Å²) < 4.78 is 15.7. The zero-order valence-electron chi connectivity index (χ0n) is 10.2. The molecule has 21 heavy (non-hydrogen) atoms. The highest BCUT2D eigenvalue weighted by Crippen LogP contribution is 2.23. The molecule has 0 aliphatic rings. The van der Waals surface area contributed by atoms with E-state index in [-0.39, 0.29) is 22.9 Å². The second-order valence-electron chi connectivity index (χ2n) is 3.82. The number of aromatic nitrogens is 6. The van der Waals surface area contributed by atoms with Crippen LogP contribution in [0.25, 0.3) is 5.95 Å². The summed E-state index contributed by atoms with van der Waals surface area (Å²) in [6.07, 6.45) is 2.74. The molecule has 2 aromatic heterocycles. The molecule has 0 bridgehead atoms. The smallest absolute Gasteiger partial charge is 0.258 e. The van der Waals surface area contributed by atoms with E-state index in [1.54, 1.807) is 12.1 Å². The molecule has 3 aromatic rings. The second kappa shape index (κ2) is 5.70. The third-order valence-electron chi connectivity index (χ3n) is 2.39. The minimum atomic E-state index is -0.447. The number of anilines is 2. The molecule has 1 N–H and O–H groups in total. The molecular weight excluding hydrogens is 365 g/mol. The zero-order chi connectivity index (χ0) is 14.8. The standard InChI is InChI=1S/C11H6BrClFN7/c12-6-1-2-7(14)8(3-6)17-10-18-9(13)19-11(20-10)21-5-15-4-16-21/h1-5H,(H,17,18,19,20). The molecular formula is C11H6BrClFN7. The molecule has 0 atom stereocenters. The van der Waals surface area contributed by atoms with E-state index in [9.17, 15) is 4.39 Å². The molecule has 1 aromatic carbocycles. The van der Waals surface area contributed by atoms with Crippen molar-refractivity contribution in [3.8, 4) is 5.95 Å². The Hall–Kier alpha value is -2.13. The van der Waals surface area contributed by atoms with Gasteiger partial charge in [0.15, 0.2) is 0 Å². The van der Waals surface area contributed by atoms with Gasteiger partial charge in [-0.1, -0.05) is 15.9 Å². The Morgan fingerprint density at radius 1 is 1.24 bits per heavy atom. The van der Waals surface area contributed by atoms with Gasteiger partial charge in [0.05, 0.1) is 5.69 Å². The lowest BCUT2D eigenvalue weighted by Gasteiger charge is -2.07. The van der Waals surface area contributed by atoms with Gasteiger partial charge >= 0.3 is 0 Å². The van der Waals surface area contributed by atoms with Crippen molar-refractivity contribution in [3.63, 3.8) is 0 Å². The minimum absolute atomic E-state index is 0.0478. The number of halogens is 3. The van der Waals surface area contributed by atoms with E-state index < -0.39 is 5.82 Å². The van der Waals surface area contributed by atoms with Crippen molar-refractivity contribution in [2.45, 2.75) is 0 Å². The Kier molecular flexibility index (Phi) is 3.76. The average Bonchev–Trinajstić information content (AvgIpc) is 2.96. The monoisotopic (exact) mass is 369 g/mol. The van der Waals surface area contributed by atoms with Crippen LogP contribution in [0.1, 0.15) is 0 Å². The van der Waals surface area contributed by atoms with Gasteiger partial charge in [0.25, 0.3) is 5.95 Å². The summed E-state index contributed by atoms with van der Waals surface area (Å²) >= 11 is 9.10. The third-order valence-corrected chi connectivity index (χ3v) is 3.06. The fourth-order valence-corrected chi connectivity index (χ4v) is 2.04. The average molecular weight is 371 g/mol. The van der Waals surface area contributed by atoms with Gasteiger partial charge < -0.3 is 5.32 Å².